The third-order valence-electron chi connectivity index (χ3n) is 12.4. The van der Waals surface area contributed by atoms with Gasteiger partial charge in [-0.05, 0) is 98.7 Å². The molecule has 0 saturated carbocycles. The molecule has 0 atom stereocenters. The van der Waals surface area contributed by atoms with Crippen LogP contribution in [-0.2, 0) is 13.1 Å². The van der Waals surface area contributed by atoms with Crippen molar-refractivity contribution in [2.75, 3.05) is 87.7 Å². The normalized spacial score (nSPS) is 14.6. The summed E-state index contributed by atoms with van der Waals surface area (Å²) in [7, 11) is 4.32. The lowest BCUT2D eigenvalue weighted by Gasteiger charge is -2.32. The Morgan fingerprint density at radius 1 is 0.549 bits per heavy atom. The fourth-order valence-electron chi connectivity index (χ4n) is 8.02. The summed E-state index contributed by atoms with van der Waals surface area (Å²) in [4.78, 5) is 57.4. The number of nitrogens with one attached hydrogen (secondary N) is 4. The standard InChI is InChI=1S/C27H29N7OS.C26H28N6OS2/c1-19-3-8-22(15-23(19)31-27-32-25(18-36-27)24-16-28-9-10-29-24)30-26(35)21-6-4-20(5-7-21)17-34-13-11-33(2)12-14-34;1-18-3-8-21(15-22(18)29-26-30-23(17-35-26)25-27-9-14-34-25)28-24(33)20-6-4-19(5-7-20)16-32-12-10-31(2)11-13-32/h3-10,15-16,18H,11-14,17H2,1-2H3,(H,30,35)(H,31,32);3-9,14-15,17H,10-13,16H2,1-2H3,(H,28,33)(H,29,30). The Balaban J connectivity index is 0.000000176. The first-order valence-corrected chi connectivity index (χ1v) is 26.2. The van der Waals surface area contributed by atoms with Gasteiger partial charge >= 0.3 is 0 Å². The maximum atomic E-state index is 12.9. The molecule has 4 aromatic heterocycles. The third kappa shape index (κ3) is 13.6. The number of aryl methyl sites for hydroxylation is 2. The number of carbonyl (C=O) groups excluding carboxylic acids is 2. The van der Waals surface area contributed by atoms with Gasteiger partial charge in [-0.2, -0.15) is 0 Å². The minimum Gasteiger partial charge on any atom is -0.331 e. The molecule has 4 aromatic carbocycles. The Morgan fingerprint density at radius 3 is 1.51 bits per heavy atom. The number of piperazine rings is 2. The second-order valence-electron chi connectivity index (χ2n) is 17.8. The van der Waals surface area contributed by atoms with E-state index in [1.54, 1.807) is 36.1 Å². The van der Waals surface area contributed by atoms with E-state index in [1.807, 2.05) is 103 Å². The van der Waals surface area contributed by atoms with Crippen LogP contribution in [0.15, 0.2) is 126 Å². The van der Waals surface area contributed by atoms with Gasteiger partial charge in [0.05, 0.1) is 6.20 Å². The van der Waals surface area contributed by atoms with Crippen molar-refractivity contribution in [2.24, 2.45) is 0 Å². The lowest BCUT2D eigenvalue weighted by molar-refractivity contribution is 0.101. The number of hydrogen-bond donors (Lipinski definition) is 4. The van der Waals surface area contributed by atoms with E-state index in [-0.39, 0.29) is 11.8 Å². The number of aromatic nitrogens is 5. The average molecular weight is 1000 g/mol. The summed E-state index contributed by atoms with van der Waals surface area (Å²) in [5.41, 5.74) is 11.5. The van der Waals surface area contributed by atoms with Gasteiger partial charge in [-0.15, -0.1) is 34.0 Å². The summed E-state index contributed by atoms with van der Waals surface area (Å²) in [6.45, 7) is 14.6. The molecule has 6 heterocycles. The van der Waals surface area contributed by atoms with Crippen LogP contribution < -0.4 is 21.3 Å². The molecule has 2 aliphatic heterocycles. The van der Waals surface area contributed by atoms with Gasteiger partial charge in [0.2, 0.25) is 0 Å². The Bertz CT molecular complexity index is 3000. The fourth-order valence-corrected chi connectivity index (χ4v) is 10.1. The molecule has 15 nitrogen and oxygen atoms in total. The third-order valence-corrected chi connectivity index (χ3v) is 14.7. The lowest BCUT2D eigenvalue weighted by Crippen LogP contribution is -2.43. The van der Waals surface area contributed by atoms with E-state index in [2.05, 4.69) is 92.0 Å². The van der Waals surface area contributed by atoms with E-state index >= 15 is 0 Å². The van der Waals surface area contributed by atoms with Crippen LogP contribution in [0.3, 0.4) is 0 Å². The molecule has 0 radical (unpaired) electrons. The Hall–Kier alpha value is -6.77. The zero-order valence-electron chi connectivity index (χ0n) is 40.3. The average Bonchev–Trinajstić information content (AvgIpc) is 4.20. The van der Waals surface area contributed by atoms with Crippen LogP contribution >= 0.6 is 34.0 Å². The van der Waals surface area contributed by atoms with Gasteiger partial charge in [-0.25, -0.2) is 15.0 Å². The number of hydrogen-bond acceptors (Lipinski definition) is 16. The van der Waals surface area contributed by atoms with E-state index in [1.165, 1.54) is 33.8 Å². The molecule has 0 unspecified atom stereocenters. The van der Waals surface area contributed by atoms with Crippen LogP contribution in [0.4, 0.5) is 33.0 Å². The van der Waals surface area contributed by atoms with Crippen LogP contribution in [-0.4, -0.2) is 123 Å². The van der Waals surface area contributed by atoms with Gasteiger partial charge in [-0.1, -0.05) is 36.4 Å². The summed E-state index contributed by atoms with van der Waals surface area (Å²) < 4.78 is 0. The van der Waals surface area contributed by atoms with Crippen molar-refractivity contribution < 1.29 is 9.59 Å². The summed E-state index contributed by atoms with van der Waals surface area (Å²) in [5, 5.41) is 21.1. The van der Waals surface area contributed by atoms with Crippen molar-refractivity contribution in [2.45, 2.75) is 26.9 Å². The molecular formula is C53H57N13O2S3. The molecule has 18 heteroatoms. The van der Waals surface area contributed by atoms with Crippen molar-refractivity contribution in [3.63, 3.8) is 0 Å². The van der Waals surface area contributed by atoms with Crippen LogP contribution in [0, 0.1) is 13.8 Å². The second kappa shape index (κ2) is 23.4. The van der Waals surface area contributed by atoms with Crippen molar-refractivity contribution in [3.8, 4) is 22.1 Å². The first-order chi connectivity index (χ1) is 34.6. The first-order valence-electron chi connectivity index (χ1n) is 23.5. The number of amides is 2. The number of nitrogens with zero attached hydrogens (tertiary/aromatic N) is 9. The summed E-state index contributed by atoms with van der Waals surface area (Å²) >= 11 is 4.60. The number of benzene rings is 4. The smallest absolute Gasteiger partial charge is 0.255 e. The summed E-state index contributed by atoms with van der Waals surface area (Å²) in [6.07, 6.45) is 6.77. The van der Waals surface area contributed by atoms with Gasteiger partial charge in [-0.3, -0.25) is 29.4 Å². The van der Waals surface area contributed by atoms with E-state index in [0.717, 1.165) is 132 Å². The highest BCUT2D eigenvalue weighted by molar-refractivity contribution is 7.15. The van der Waals surface area contributed by atoms with Crippen LogP contribution in [0.25, 0.3) is 22.1 Å². The molecule has 8 aromatic rings. The van der Waals surface area contributed by atoms with Crippen molar-refractivity contribution in [3.05, 3.63) is 159 Å². The van der Waals surface area contributed by atoms with Gasteiger partial charge in [0.1, 0.15) is 22.1 Å². The van der Waals surface area contributed by atoms with E-state index < -0.39 is 0 Å². The highest BCUT2D eigenvalue weighted by Gasteiger charge is 2.17. The topological polar surface area (TPSA) is 160 Å². The largest absolute Gasteiger partial charge is 0.331 e. The number of anilines is 6. The first kappa shape index (κ1) is 49.2. The van der Waals surface area contributed by atoms with Crippen molar-refractivity contribution in [1.82, 2.24) is 44.5 Å². The van der Waals surface area contributed by atoms with Gasteiger partial charge < -0.3 is 31.1 Å². The van der Waals surface area contributed by atoms with E-state index in [0.29, 0.717) is 11.1 Å². The maximum Gasteiger partial charge on any atom is 0.255 e. The predicted molar refractivity (Wildman–Crippen MR) is 290 cm³/mol. The molecule has 2 aliphatic rings. The highest BCUT2D eigenvalue weighted by atomic mass is 32.1. The number of likely N-dealkylation sites (N-methyl/N-ethyl adjacent to an activating group) is 2. The number of rotatable bonds is 14. The second-order valence-corrected chi connectivity index (χ2v) is 20.4. The SMILES string of the molecule is Cc1ccc(NC(=O)c2ccc(CN3CCN(C)CC3)cc2)cc1Nc1nc(-c2cnccn2)cs1.Cc1ccc(NC(=O)c2ccc(CN3CCN(C)CC3)cc2)cc1Nc1nc(-c2nccs2)cs1. The van der Waals surface area contributed by atoms with E-state index in [4.69, 9.17) is 0 Å². The molecule has 0 bridgehead atoms. The van der Waals surface area contributed by atoms with Crippen LogP contribution in [0.5, 0.6) is 0 Å². The van der Waals surface area contributed by atoms with Crippen molar-refractivity contribution in [1.29, 1.82) is 0 Å². The molecule has 4 N–H and O–H groups in total. The zero-order chi connectivity index (χ0) is 49.1. The van der Waals surface area contributed by atoms with Gasteiger partial charge in [0, 0.05) is 134 Å². The van der Waals surface area contributed by atoms with Crippen LogP contribution in [0.1, 0.15) is 43.0 Å². The molecule has 71 heavy (non-hydrogen) atoms. The fraction of sp³-hybridized carbons (Fsp3) is 0.264. The molecular weight excluding hydrogens is 947 g/mol. The summed E-state index contributed by atoms with van der Waals surface area (Å²) in [6, 6.07) is 27.5. The molecule has 0 aliphatic carbocycles. The minimum absolute atomic E-state index is 0.119. The molecule has 2 fully saturated rings. The number of thiazole rings is 3. The summed E-state index contributed by atoms with van der Waals surface area (Å²) in [5.74, 6) is -0.249. The quantitative estimate of drug-likeness (QED) is 0.0816. The Labute approximate surface area is 426 Å². The Morgan fingerprint density at radius 2 is 1.04 bits per heavy atom. The monoisotopic (exact) mass is 1000 g/mol. The highest BCUT2D eigenvalue weighted by Crippen LogP contribution is 2.32. The zero-order valence-corrected chi connectivity index (χ0v) is 42.7. The molecule has 2 amide bonds. The molecule has 2 saturated heterocycles. The van der Waals surface area contributed by atoms with Gasteiger partial charge in [0.25, 0.3) is 11.8 Å². The van der Waals surface area contributed by atoms with Crippen LogP contribution in [0.2, 0.25) is 0 Å². The lowest BCUT2D eigenvalue weighted by atomic mass is 10.1. The minimum atomic E-state index is -0.130. The number of carbonyl (C=O) groups is 2. The molecule has 364 valence electrons. The molecule has 0 spiro atoms. The molecule has 10 rings (SSSR count). The van der Waals surface area contributed by atoms with Crippen molar-refractivity contribution >= 4 is 78.8 Å². The Kier molecular flexibility index (Phi) is 16.2. The van der Waals surface area contributed by atoms with Gasteiger partial charge in [0.15, 0.2) is 10.3 Å². The predicted octanol–water partition coefficient (Wildman–Crippen LogP) is 9.97. The maximum absolute atomic E-state index is 12.9. The van der Waals surface area contributed by atoms with E-state index in [9.17, 15) is 9.59 Å².